The van der Waals surface area contributed by atoms with Crippen LogP contribution in [-0.4, -0.2) is 36.7 Å². The molecule has 1 aromatic carbocycles. The summed E-state index contributed by atoms with van der Waals surface area (Å²) in [6, 6.07) is 5.73. The molecular formula is C17H22F3NO2. The first-order chi connectivity index (χ1) is 10.8. The summed E-state index contributed by atoms with van der Waals surface area (Å²) in [5.74, 6) is -2.20. The number of benzene rings is 1. The molecule has 1 fully saturated rings. The summed E-state index contributed by atoms with van der Waals surface area (Å²) < 4.78 is 45.8. The van der Waals surface area contributed by atoms with Crippen LogP contribution < -0.4 is 4.74 Å². The second-order valence-corrected chi connectivity index (χ2v) is 5.99. The van der Waals surface area contributed by atoms with Crippen LogP contribution >= 0.6 is 0 Å². The fourth-order valence-electron chi connectivity index (χ4n) is 2.83. The van der Waals surface area contributed by atoms with Gasteiger partial charge in [0.25, 0.3) is 0 Å². The highest BCUT2D eigenvalue weighted by Crippen LogP contribution is 2.38. The highest BCUT2D eigenvalue weighted by Gasteiger charge is 2.48. The molecular weight excluding hydrogens is 307 g/mol. The van der Waals surface area contributed by atoms with Crippen LogP contribution in [0.15, 0.2) is 24.3 Å². The lowest BCUT2D eigenvalue weighted by molar-refractivity contribution is -0.172. The first kappa shape index (κ1) is 17.6. The third-order valence-electron chi connectivity index (χ3n) is 4.17. The summed E-state index contributed by atoms with van der Waals surface area (Å²) in [5.41, 5.74) is -0.0629. The standard InChI is InChI=1S/C17H22F3NO2/c1-3-23-14-6-4-5-13(11-14)15(17(18,19)20)16(22)21-9-7-12(2)8-10-21/h4-6,11-12,15H,3,7-10H2,1-2H3. The van der Waals surface area contributed by atoms with Crippen molar-refractivity contribution in [3.05, 3.63) is 29.8 Å². The molecule has 2 rings (SSSR count). The molecule has 1 aromatic rings. The number of rotatable bonds is 4. The van der Waals surface area contributed by atoms with Gasteiger partial charge in [-0.25, -0.2) is 0 Å². The molecule has 1 saturated heterocycles. The van der Waals surface area contributed by atoms with Gasteiger partial charge in [0.15, 0.2) is 5.92 Å². The van der Waals surface area contributed by atoms with Crippen molar-refractivity contribution in [3.63, 3.8) is 0 Å². The Morgan fingerprint density at radius 1 is 1.35 bits per heavy atom. The van der Waals surface area contributed by atoms with Crippen molar-refractivity contribution in [1.29, 1.82) is 0 Å². The van der Waals surface area contributed by atoms with Gasteiger partial charge in [-0.2, -0.15) is 13.2 Å². The average molecular weight is 329 g/mol. The van der Waals surface area contributed by atoms with Gasteiger partial charge in [0.1, 0.15) is 5.75 Å². The normalized spacial score (nSPS) is 17.9. The maximum absolute atomic E-state index is 13.5. The van der Waals surface area contributed by atoms with Gasteiger partial charge in [-0.3, -0.25) is 4.79 Å². The fourth-order valence-corrected chi connectivity index (χ4v) is 2.83. The smallest absolute Gasteiger partial charge is 0.404 e. The van der Waals surface area contributed by atoms with Crippen molar-refractivity contribution in [2.75, 3.05) is 19.7 Å². The number of nitrogens with zero attached hydrogens (tertiary/aromatic N) is 1. The van der Waals surface area contributed by atoms with E-state index in [1.807, 2.05) is 0 Å². The Morgan fingerprint density at radius 3 is 2.57 bits per heavy atom. The number of halogens is 3. The van der Waals surface area contributed by atoms with E-state index in [2.05, 4.69) is 6.92 Å². The van der Waals surface area contributed by atoms with Crippen molar-refractivity contribution in [3.8, 4) is 5.75 Å². The van der Waals surface area contributed by atoms with Crippen molar-refractivity contribution in [1.82, 2.24) is 4.90 Å². The Hall–Kier alpha value is -1.72. The lowest BCUT2D eigenvalue weighted by Gasteiger charge is -2.33. The first-order valence-corrected chi connectivity index (χ1v) is 7.91. The van der Waals surface area contributed by atoms with Gasteiger partial charge in [-0.1, -0.05) is 19.1 Å². The number of alkyl halides is 3. The third-order valence-corrected chi connectivity index (χ3v) is 4.17. The number of amides is 1. The summed E-state index contributed by atoms with van der Waals surface area (Å²) >= 11 is 0. The monoisotopic (exact) mass is 329 g/mol. The van der Waals surface area contributed by atoms with E-state index in [4.69, 9.17) is 4.74 Å². The predicted molar refractivity (Wildman–Crippen MR) is 81.4 cm³/mol. The van der Waals surface area contributed by atoms with E-state index < -0.39 is 18.0 Å². The van der Waals surface area contributed by atoms with Crippen LogP contribution in [0.2, 0.25) is 0 Å². The van der Waals surface area contributed by atoms with Crippen LogP contribution in [0.3, 0.4) is 0 Å². The maximum atomic E-state index is 13.5. The van der Waals surface area contributed by atoms with E-state index in [0.29, 0.717) is 31.4 Å². The van der Waals surface area contributed by atoms with Crippen LogP contribution in [0.1, 0.15) is 38.2 Å². The van der Waals surface area contributed by atoms with Gasteiger partial charge in [-0.15, -0.1) is 0 Å². The molecule has 1 unspecified atom stereocenters. The summed E-state index contributed by atoms with van der Waals surface area (Å²) in [5, 5.41) is 0. The zero-order valence-electron chi connectivity index (χ0n) is 13.4. The molecule has 6 heteroatoms. The Balaban J connectivity index is 2.27. The van der Waals surface area contributed by atoms with Crippen molar-refractivity contribution in [2.24, 2.45) is 5.92 Å². The molecule has 1 aliphatic rings. The molecule has 23 heavy (non-hydrogen) atoms. The molecule has 0 spiro atoms. The van der Waals surface area contributed by atoms with E-state index in [0.717, 1.165) is 12.8 Å². The molecule has 0 N–H and O–H groups in total. The number of likely N-dealkylation sites (tertiary alicyclic amines) is 1. The number of carbonyl (C=O) groups excluding carboxylic acids is 1. The minimum absolute atomic E-state index is 0.0629. The molecule has 3 nitrogen and oxygen atoms in total. The molecule has 0 bridgehead atoms. The van der Waals surface area contributed by atoms with E-state index >= 15 is 0 Å². The van der Waals surface area contributed by atoms with Gasteiger partial charge in [0.05, 0.1) is 6.61 Å². The van der Waals surface area contributed by atoms with Crippen molar-refractivity contribution in [2.45, 2.75) is 38.8 Å². The van der Waals surface area contributed by atoms with Crippen LogP contribution in [-0.2, 0) is 4.79 Å². The second-order valence-electron chi connectivity index (χ2n) is 5.99. The van der Waals surface area contributed by atoms with Crippen LogP contribution in [0.5, 0.6) is 5.75 Å². The fraction of sp³-hybridized carbons (Fsp3) is 0.588. The zero-order valence-corrected chi connectivity index (χ0v) is 13.4. The third kappa shape index (κ3) is 4.39. The Labute approximate surface area is 134 Å². The molecule has 1 atom stereocenters. The quantitative estimate of drug-likeness (QED) is 0.836. The molecule has 1 aliphatic heterocycles. The molecule has 1 heterocycles. The van der Waals surface area contributed by atoms with Crippen LogP contribution in [0.25, 0.3) is 0 Å². The summed E-state index contributed by atoms with van der Waals surface area (Å²) in [6.07, 6.45) is -3.13. The molecule has 1 amide bonds. The molecule has 0 radical (unpaired) electrons. The topological polar surface area (TPSA) is 29.5 Å². The lowest BCUT2D eigenvalue weighted by atomic mass is 9.93. The van der Waals surface area contributed by atoms with E-state index in [1.165, 1.54) is 23.1 Å². The average Bonchev–Trinajstić information content (AvgIpc) is 2.47. The van der Waals surface area contributed by atoms with Gasteiger partial charge in [0, 0.05) is 13.1 Å². The number of piperidine rings is 1. The number of hydrogen-bond acceptors (Lipinski definition) is 2. The minimum Gasteiger partial charge on any atom is -0.494 e. The highest BCUT2D eigenvalue weighted by atomic mass is 19.4. The Kier molecular flexibility index (Phi) is 5.55. The number of ether oxygens (including phenoxy) is 1. The molecule has 0 aliphatic carbocycles. The van der Waals surface area contributed by atoms with Crippen LogP contribution in [0.4, 0.5) is 13.2 Å². The van der Waals surface area contributed by atoms with E-state index in [-0.39, 0.29) is 5.56 Å². The van der Waals surface area contributed by atoms with Crippen molar-refractivity contribution < 1.29 is 22.7 Å². The predicted octanol–water partition coefficient (Wildman–Crippen LogP) is 3.99. The van der Waals surface area contributed by atoms with E-state index in [1.54, 1.807) is 13.0 Å². The number of hydrogen-bond donors (Lipinski definition) is 0. The highest BCUT2D eigenvalue weighted by molar-refractivity contribution is 5.85. The summed E-state index contributed by atoms with van der Waals surface area (Å²) in [6.45, 7) is 4.94. The first-order valence-electron chi connectivity index (χ1n) is 7.91. The maximum Gasteiger partial charge on any atom is 0.404 e. The SMILES string of the molecule is CCOc1cccc(C(C(=O)N2CCC(C)CC2)C(F)(F)F)c1. The van der Waals surface area contributed by atoms with E-state index in [9.17, 15) is 18.0 Å². The molecule has 0 saturated carbocycles. The number of carbonyl (C=O) groups is 1. The summed E-state index contributed by atoms with van der Waals surface area (Å²) in [7, 11) is 0. The second kappa shape index (κ2) is 7.23. The largest absolute Gasteiger partial charge is 0.494 e. The minimum atomic E-state index is -4.62. The Bertz CT molecular complexity index is 537. The van der Waals surface area contributed by atoms with Crippen molar-refractivity contribution >= 4 is 5.91 Å². The van der Waals surface area contributed by atoms with Gasteiger partial charge in [-0.05, 0) is 43.4 Å². The molecule has 0 aromatic heterocycles. The zero-order chi connectivity index (χ0) is 17.0. The lowest BCUT2D eigenvalue weighted by Crippen LogP contribution is -2.44. The summed E-state index contributed by atoms with van der Waals surface area (Å²) in [4.78, 5) is 13.8. The Morgan fingerprint density at radius 2 is 2.00 bits per heavy atom. The van der Waals surface area contributed by atoms with Gasteiger partial charge < -0.3 is 9.64 Å². The van der Waals surface area contributed by atoms with Crippen LogP contribution in [0, 0.1) is 5.92 Å². The van der Waals surface area contributed by atoms with Gasteiger partial charge >= 0.3 is 6.18 Å². The molecule has 128 valence electrons. The van der Waals surface area contributed by atoms with Gasteiger partial charge in [0.2, 0.25) is 5.91 Å².